The molecule has 0 aliphatic heterocycles. The number of aromatic nitrogens is 3. The van der Waals surface area contributed by atoms with E-state index in [4.69, 9.17) is 5.73 Å². The Kier molecular flexibility index (Phi) is 3.16. The van der Waals surface area contributed by atoms with E-state index in [0.29, 0.717) is 12.2 Å². The molecule has 0 unspecified atom stereocenters. The summed E-state index contributed by atoms with van der Waals surface area (Å²) in [5.74, 6) is -0.241. The summed E-state index contributed by atoms with van der Waals surface area (Å²) in [6.45, 7) is 0.558. The summed E-state index contributed by atoms with van der Waals surface area (Å²) in [5.41, 5.74) is 9.09. The number of anilines is 1. The Morgan fingerprint density at radius 2 is 1.70 bits per heavy atom. The minimum Gasteiger partial charge on any atom is -0.399 e. The molecular formula is C15H13FN4. The average Bonchev–Trinajstić information content (AvgIpc) is 2.91. The molecule has 5 heteroatoms. The topological polar surface area (TPSA) is 56.7 Å². The lowest BCUT2D eigenvalue weighted by Gasteiger charge is -2.00. The van der Waals surface area contributed by atoms with Crippen LogP contribution in [0, 0.1) is 5.82 Å². The fourth-order valence-electron chi connectivity index (χ4n) is 1.94. The second-order valence-corrected chi connectivity index (χ2v) is 4.55. The first-order valence-electron chi connectivity index (χ1n) is 6.21. The third-order valence-corrected chi connectivity index (χ3v) is 3.00. The van der Waals surface area contributed by atoms with E-state index < -0.39 is 0 Å². The van der Waals surface area contributed by atoms with Crippen molar-refractivity contribution in [3.8, 4) is 11.3 Å². The monoisotopic (exact) mass is 268 g/mol. The summed E-state index contributed by atoms with van der Waals surface area (Å²) < 4.78 is 14.6. The van der Waals surface area contributed by atoms with Gasteiger partial charge in [0.25, 0.3) is 0 Å². The van der Waals surface area contributed by atoms with Crippen molar-refractivity contribution in [1.82, 2.24) is 15.0 Å². The molecule has 3 rings (SSSR count). The maximum absolute atomic E-state index is 12.8. The highest BCUT2D eigenvalue weighted by molar-refractivity contribution is 5.60. The molecule has 0 aliphatic rings. The predicted octanol–water partition coefficient (Wildman–Crippen LogP) is 2.71. The summed E-state index contributed by atoms with van der Waals surface area (Å²) in [7, 11) is 0. The lowest BCUT2D eigenvalue weighted by Crippen LogP contribution is -2.00. The van der Waals surface area contributed by atoms with Crippen LogP contribution in [-0.2, 0) is 6.54 Å². The third-order valence-electron chi connectivity index (χ3n) is 3.00. The summed E-state index contributed by atoms with van der Waals surface area (Å²) in [6.07, 6.45) is 1.86. The minimum atomic E-state index is -0.241. The molecule has 0 spiro atoms. The van der Waals surface area contributed by atoms with Crippen molar-refractivity contribution >= 4 is 5.69 Å². The van der Waals surface area contributed by atoms with Crippen molar-refractivity contribution in [3.63, 3.8) is 0 Å². The highest BCUT2D eigenvalue weighted by Crippen LogP contribution is 2.17. The fourth-order valence-corrected chi connectivity index (χ4v) is 1.94. The number of nitrogen functional groups attached to an aromatic ring is 1. The number of halogens is 1. The van der Waals surface area contributed by atoms with Crippen LogP contribution in [0.1, 0.15) is 5.56 Å². The molecule has 20 heavy (non-hydrogen) atoms. The van der Waals surface area contributed by atoms with Crippen LogP contribution in [0.15, 0.2) is 54.7 Å². The van der Waals surface area contributed by atoms with Crippen LogP contribution in [0.5, 0.6) is 0 Å². The Balaban J connectivity index is 1.80. The minimum absolute atomic E-state index is 0.241. The summed E-state index contributed by atoms with van der Waals surface area (Å²) in [4.78, 5) is 0. The van der Waals surface area contributed by atoms with E-state index in [0.717, 1.165) is 16.8 Å². The van der Waals surface area contributed by atoms with Crippen molar-refractivity contribution < 1.29 is 4.39 Å². The summed E-state index contributed by atoms with van der Waals surface area (Å²) in [5, 5.41) is 8.20. The zero-order chi connectivity index (χ0) is 13.9. The Labute approximate surface area is 115 Å². The van der Waals surface area contributed by atoms with Gasteiger partial charge in [-0.2, -0.15) is 0 Å². The van der Waals surface area contributed by atoms with Gasteiger partial charge in [-0.3, -0.25) is 0 Å². The molecule has 0 radical (unpaired) electrons. The smallest absolute Gasteiger partial charge is 0.123 e. The van der Waals surface area contributed by atoms with Gasteiger partial charge in [0.15, 0.2) is 0 Å². The number of hydrogen-bond donors (Lipinski definition) is 1. The molecule has 4 nitrogen and oxygen atoms in total. The van der Waals surface area contributed by atoms with Crippen molar-refractivity contribution in [3.05, 3.63) is 66.1 Å². The molecule has 0 fully saturated rings. The molecule has 3 aromatic rings. The zero-order valence-electron chi connectivity index (χ0n) is 10.7. The van der Waals surface area contributed by atoms with Crippen LogP contribution < -0.4 is 5.73 Å². The van der Waals surface area contributed by atoms with Gasteiger partial charge in [-0.05, 0) is 29.8 Å². The van der Waals surface area contributed by atoms with Gasteiger partial charge in [0, 0.05) is 11.3 Å². The van der Waals surface area contributed by atoms with Crippen molar-refractivity contribution in [2.45, 2.75) is 6.54 Å². The van der Waals surface area contributed by atoms with Crippen LogP contribution in [-0.4, -0.2) is 15.0 Å². The Hall–Kier alpha value is -2.69. The molecule has 0 bridgehead atoms. The summed E-state index contributed by atoms with van der Waals surface area (Å²) >= 11 is 0. The van der Waals surface area contributed by atoms with E-state index in [9.17, 15) is 4.39 Å². The number of benzene rings is 2. The largest absolute Gasteiger partial charge is 0.399 e. The van der Waals surface area contributed by atoms with E-state index in [-0.39, 0.29) is 5.82 Å². The number of nitrogens with two attached hydrogens (primary N) is 1. The lowest BCUT2D eigenvalue weighted by atomic mass is 10.1. The molecule has 0 amide bonds. The molecule has 1 heterocycles. The molecule has 2 N–H and O–H groups in total. The first-order chi connectivity index (χ1) is 9.70. The van der Waals surface area contributed by atoms with Gasteiger partial charge in [-0.15, -0.1) is 5.10 Å². The number of hydrogen-bond acceptors (Lipinski definition) is 3. The van der Waals surface area contributed by atoms with Crippen LogP contribution in [0.3, 0.4) is 0 Å². The second kappa shape index (κ2) is 5.13. The van der Waals surface area contributed by atoms with Gasteiger partial charge in [0.2, 0.25) is 0 Å². The normalized spacial score (nSPS) is 10.7. The molecule has 0 atom stereocenters. The van der Waals surface area contributed by atoms with Gasteiger partial charge in [0.1, 0.15) is 11.5 Å². The molecule has 0 aliphatic carbocycles. The fraction of sp³-hybridized carbons (Fsp3) is 0.0667. The van der Waals surface area contributed by atoms with Gasteiger partial charge < -0.3 is 5.73 Å². The number of nitrogens with zero attached hydrogens (tertiary/aromatic N) is 3. The maximum Gasteiger partial charge on any atom is 0.123 e. The molecule has 0 saturated heterocycles. The van der Waals surface area contributed by atoms with E-state index in [1.54, 1.807) is 16.8 Å². The van der Waals surface area contributed by atoms with E-state index in [2.05, 4.69) is 10.3 Å². The second-order valence-electron chi connectivity index (χ2n) is 4.55. The SMILES string of the molecule is Nc1ccc(-c2cn(Cc3ccc(F)cc3)nn2)cc1. The maximum atomic E-state index is 12.8. The van der Waals surface area contributed by atoms with Crippen LogP contribution >= 0.6 is 0 Å². The quantitative estimate of drug-likeness (QED) is 0.743. The highest BCUT2D eigenvalue weighted by Gasteiger charge is 2.04. The van der Waals surface area contributed by atoms with Crippen LogP contribution in [0.2, 0.25) is 0 Å². The van der Waals surface area contributed by atoms with Crippen LogP contribution in [0.4, 0.5) is 10.1 Å². The number of rotatable bonds is 3. The molecule has 100 valence electrons. The van der Waals surface area contributed by atoms with Gasteiger partial charge >= 0.3 is 0 Å². The molecule has 0 saturated carbocycles. The standard InChI is InChI=1S/C15H13FN4/c16-13-5-1-11(2-6-13)9-20-10-15(18-19-20)12-3-7-14(17)8-4-12/h1-8,10H,9,17H2. The van der Waals surface area contributed by atoms with Gasteiger partial charge in [-0.25, -0.2) is 9.07 Å². The van der Waals surface area contributed by atoms with Crippen molar-refractivity contribution in [1.29, 1.82) is 0 Å². The van der Waals surface area contributed by atoms with E-state index in [1.165, 1.54) is 12.1 Å². The molecule has 1 aromatic heterocycles. The first kappa shape index (κ1) is 12.3. The molecule has 2 aromatic carbocycles. The average molecular weight is 268 g/mol. The molecular weight excluding hydrogens is 255 g/mol. The van der Waals surface area contributed by atoms with Crippen molar-refractivity contribution in [2.24, 2.45) is 0 Å². The highest BCUT2D eigenvalue weighted by atomic mass is 19.1. The zero-order valence-corrected chi connectivity index (χ0v) is 10.7. The Morgan fingerprint density at radius 3 is 2.40 bits per heavy atom. The lowest BCUT2D eigenvalue weighted by molar-refractivity contribution is 0.621. The van der Waals surface area contributed by atoms with Crippen LogP contribution in [0.25, 0.3) is 11.3 Å². The van der Waals surface area contributed by atoms with E-state index in [1.807, 2.05) is 30.5 Å². The van der Waals surface area contributed by atoms with Crippen molar-refractivity contribution in [2.75, 3.05) is 5.73 Å². The Bertz CT molecular complexity index is 701. The van der Waals surface area contributed by atoms with E-state index >= 15 is 0 Å². The van der Waals surface area contributed by atoms with Gasteiger partial charge in [-0.1, -0.05) is 29.5 Å². The summed E-state index contributed by atoms with van der Waals surface area (Å²) in [6, 6.07) is 13.8. The van der Waals surface area contributed by atoms with Gasteiger partial charge in [0.05, 0.1) is 12.7 Å². The Morgan fingerprint density at radius 1 is 1.00 bits per heavy atom. The first-order valence-corrected chi connectivity index (χ1v) is 6.21. The third kappa shape index (κ3) is 2.66. The predicted molar refractivity (Wildman–Crippen MR) is 75.4 cm³/mol.